The van der Waals surface area contributed by atoms with E-state index in [1.807, 2.05) is 25.1 Å². The lowest BCUT2D eigenvalue weighted by Gasteiger charge is -2.33. The fourth-order valence-electron chi connectivity index (χ4n) is 3.96. The minimum Gasteiger partial charge on any atom is -0.386 e. The van der Waals surface area contributed by atoms with Crippen LogP contribution in [0.25, 0.3) is 0 Å². The Kier molecular flexibility index (Phi) is 6.88. The lowest BCUT2D eigenvalue weighted by atomic mass is 9.89. The van der Waals surface area contributed by atoms with Gasteiger partial charge in [0.1, 0.15) is 24.1 Å². The van der Waals surface area contributed by atoms with Gasteiger partial charge in [-0.25, -0.2) is 9.67 Å². The zero-order valence-corrected chi connectivity index (χ0v) is 21.5. The number of benzene rings is 2. The first kappa shape index (κ1) is 24.9. The fourth-order valence-corrected chi connectivity index (χ4v) is 5.82. The van der Waals surface area contributed by atoms with Crippen molar-refractivity contribution in [1.82, 2.24) is 14.8 Å². The Morgan fingerprint density at radius 1 is 1.15 bits per heavy atom. The summed E-state index contributed by atoms with van der Waals surface area (Å²) in [5.74, 6) is 0. The molecule has 0 spiro atoms. The third kappa shape index (κ3) is 4.40. The molecular formula is C24H20Cl3N5OS. The van der Waals surface area contributed by atoms with E-state index in [-0.39, 0.29) is 29.1 Å². The van der Waals surface area contributed by atoms with Gasteiger partial charge in [-0.3, -0.25) is 0 Å². The molecule has 1 heterocycles. The van der Waals surface area contributed by atoms with Crippen LogP contribution in [0.3, 0.4) is 0 Å². The first-order chi connectivity index (χ1) is 16.1. The summed E-state index contributed by atoms with van der Waals surface area (Å²) in [6.07, 6.45) is 3.00. The van der Waals surface area contributed by atoms with Crippen molar-refractivity contribution >= 4 is 46.6 Å². The monoisotopic (exact) mass is 531 g/mol. The predicted molar refractivity (Wildman–Crippen MR) is 132 cm³/mol. The Morgan fingerprint density at radius 3 is 2.44 bits per heavy atom. The molecule has 1 aromatic heterocycles. The van der Waals surface area contributed by atoms with Crippen LogP contribution in [0.5, 0.6) is 0 Å². The number of nitrogens with zero attached hydrogens (tertiary/aromatic N) is 5. The molecule has 1 N–H and O–H groups in total. The molecule has 0 amide bonds. The van der Waals surface area contributed by atoms with Crippen molar-refractivity contribution in [2.45, 2.75) is 60.2 Å². The summed E-state index contributed by atoms with van der Waals surface area (Å²) in [5.41, 5.74) is 1.43. The topological polar surface area (TPSA) is 98.5 Å². The van der Waals surface area contributed by atoms with Crippen molar-refractivity contribution in [2.24, 2.45) is 0 Å². The molecule has 1 atom stereocenters. The molecule has 2 aromatic carbocycles. The lowest BCUT2D eigenvalue weighted by molar-refractivity contribution is 0.00526. The highest BCUT2D eigenvalue weighted by Crippen LogP contribution is 2.53. The normalized spacial score (nSPS) is 15.9. The number of aromatic nitrogens is 3. The molecule has 0 bridgehead atoms. The number of aliphatic hydroxyl groups is 1. The van der Waals surface area contributed by atoms with Crippen LogP contribution in [-0.4, -0.2) is 30.3 Å². The van der Waals surface area contributed by atoms with Crippen molar-refractivity contribution in [1.29, 1.82) is 10.5 Å². The van der Waals surface area contributed by atoms with Crippen LogP contribution in [-0.2, 0) is 13.0 Å². The summed E-state index contributed by atoms with van der Waals surface area (Å²) in [6.45, 7) is 3.72. The maximum Gasteiger partial charge on any atom is 0.191 e. The van der Waals surface area contributed by atoms with Gasteiger partial charge >= 0.3 is 0 Å². The molecule has 174 valence electrons. The van der Waals surface area contributed by atoms with Gasteiger partial charge in [-0.2, -0.15) is 15.6 Å². The number of hydrogen-bond donors (Lipinski definition) is 1. The van der Waals surface area contributed by atoms with E-state index in [1.54, 1.807) is 17.7 Å². The summed E-state index contributed by atoms with van der Waals surface area (Å²) in [5, 5.41) is 36.5. The second kappa shape index (κ2) is 9.41. The molecule has 1 fully saturated rings. The largest absolute Gasteiger partial charge is 0.386 e. The zero-order chi connectivity index (χ0) is 24.7. The van der Waals surface area contributed by atoms with E-state index in [0.717, 1.165) is 11.1 Å². The summed E-state index contributed by atoms with van der Waals surface area (Å²) in [4.78, 5) is 4.17. The quantitative estimate of drug-likeness (QED) is 0.384. The average molecular weight is 533 g/mol. The van der Waals surface area contributed by atoms with E-state index in [4.69, 9.17) is 34.8 Å². The Morgan fingerprint density at radius 2 is 1.82 bits per heavy atom. The molecule has 0 radical (unpaired) electrons. The van der Waals surface area contributed by atoms with Gasteiger partial charge in [0.2, 0.25) is 0 Å². The van der Waals surface area contributed by atoms with Gasteiger partial charge in [0.05, 0.1) is 27.6 Å². The Balaban J connectivity index is 1.71. The maximum atomic E-state index is 11.8. The maximum absolute atomic E-state index is 11.8. The van der Waals surface area contributed by atoms with Gasteiger partial charge in [-0.05, 0) is 61.2 Å². The number of halogens is 3. The van der Waals surface area contributed by atoms with Crippen LogP contribution in [0, 0.1) is 36.5 Å². The molecule has 0 saturated heterocycles. The third-order valence-corrected chi connectivity index (χ3v) is 9.01. The Labute approximate surface area is 217 Å². The van der Waals surface area contributed by atoms with E-state index in [2.05, 4.69) is 22.2 Å². The highest BCUT2D eigenvalue weighted by Gasteiger charge is 2.58. The van der Waals surface area contributed by atoms with E-state index in [1.165, 1.54) is 18.1 Å². The highest BCUT2D eigenvalue weighted by atomic mass is 35.5. The van der Waals surface area contributed by atoms with Crippen LogP contribution < -0.4 is 0 Å². The van der Waals surface area contributed by atoms with Crippen molar-refractivity contribution in [3.05, 3.63) is 68.5 Å². The van der Waals surface area contributed by atoms with Gasteiger partial charge < -0.3 is 5.11 Å². The molecule has 0 aliphatic heterocycles. The summed E-state index contributed by atoms with van der Waals surface area (Å²) in [6, 6.07) is 11.6. The average Bonchev–Trinajstić information content (AvgIpc) is 3.43. The van der Waals surface area contributed by atoms with Crippen molar-refractivity contribution in [3.8, 4) is 12.1 Å². The first-order valence-electron chi connectivity index (χ1n) is 10.5. The second-order valence-corrected chi connectivity index (χ2v) is 10.9. The molecule has 3 aromatic rings. The molecule has 1 aliphatic rings. The van der Waals surface area contributed by atoms with Crippen LogP contribution in [0.4, 0.5) is 0 Å². The van der Waals surface area contributed by atoms with E-state index >= 15 is 0 Å². The fraction of sp³-hybridized carbons (Fsp3) is 0.333. The lowest BCUT2D eigenvalue weighted by Crippen LogP contribution is -2.47. The van der Waals surface area contributed by atoms with E-state index in [0.29, 0.717) is 33.5 Å². The van der Waals surface area contributed by atoms with Gasteiger partial charge in [0, 0.05) is 16.3 Å². The molecule has 1 saturated carbocycles. The Hall–Kier alpha value is -2.26. The number of hydrogen-bond acceptors (Lipinski definition) is 6. The second-order valence-electron chi connectivity index (χ2n) is 8.43. The van der Waals surface area contributed by atoms with Crippen LogP contribution in [0.15, 0.2) is 40.6 Å². The van der Waals surface area contributed by atoms with Gasteiger partial charge in [0.15, 0.2) is 5.16 Å². The summed E-state index contributed by atoms with van der Waals surface area (Å²) in [7, 11) is 0. The van der Waals surface area contributed by atoms with Crippen LogP contribution in [0.2, 0.25) is 10.0 Å². The number of alkyl halides is 1. The molecular weight excluding hydrogens is 513 g/mol. The molecule has 6 nitrogen and oxygen atoms in total. The van der Waals surface area contributed by atoms with Crippen LogP contribution in [0.1, 0.15) is 40.7 Å². The SMILES string of the molecule is Cc1c(C)c(Sc2ncnn2CC(O)(Cc2ccccc2Cl)C2(Cl)CC2)c(C#N)c(Cl)c1C#N. The van der Waals surface area contributed by atoms with Gasteiger partial charge in [-0.15, -0.1) is 11.6 Å². The van der Waals surface area contributed by atoms with E-state index < -0.39 is 10.5 Å². The predicted octanol–water partition coefficient (Wildman–Crippen LogP) is 5.84. The summed E-state index contributed by atoms with van der Waals surface area (Å²) >= 11 is 20.7. The molecule has 1 unspecified atom stereocenters. The van der Waals surface area contributed by atoms with Crippen molar-refractivity contribution in [2.75, 3.05) is 0 Å². The molecule has 1 aliphatic carbocycles. The smallest absolute Gasteiger partial charge is 0.191 e. The minimum absolute atomic E-state index is 0.0913. The molecule has 34 heavy (non-hydrogen) atoms. The van der Waals surface area contributed by atoms with Gasteiger partial charge in [0.25, 0.3) is 0 Å². The highest BCUT2D eigenvalue weighted by molar-refractivity contribution is 7.99. The minimum atomic E-state index is -1.33. The third-order valence-electron chi connectivity index (χ3n) is 6.32. The molecule has 10 heteroatoms. The number of nitriles is 2. The zero-order valence-electron chi connectivity index (χ0n) is 18.4. The Bertz CT molecular complexity index is 1360. The summed E-state index contributed by atoms with van der Waals surface area (Å²) < 4.78 is 1.59. The standard InChI is InChI=1S/C24H20Cl3N5OS/c1-14-15(2)21(18(11-29)20(26)17(14)10-28)34-22-30-13-31-32(22)12-24(33,23(27)7-8-23)9-16-5-3-4-6-19(16)25/h3-6,13,33H,7-9,12H2,1-2H3. The van der Waals surface area contributed by atoms with Crippen LogP contribution >= 0.6 is 46.6 Å². The van der Waals surface area contributed by atoms with E-state index in [9.17, 15) is 15.6 Å². The van der Waals surface area contributed by atoms with Crippen molar-refractivity contribution < 1.29 is 5.11 Å². The first-order valence-corrected chi connectivity index (χ1v) is 12.4. The number of rotatable bonds is 7. The van der Waals surface area contributed by atoms with Gasteiger partial charge in [-0.1, -0.05) is 41.4 Å². The molecule has 4 rings (SSSR count). The van der Waals surface area contributed by atoms with Crippen molar-refractivity contribution in [3.63, 3.8) is 0 Å².